The Morgan fingerprint density at radius 1 is 1.59 bits per heavy atom. The fraction of sp³-hybridized carbons (Fsp3) is 0.462. The number of likely N-dealkylation sites (tertiary alicyclic amines) is 1. The van der Waals surface area contributed by atoms with Gasteiger partial charge in [0.2, 0.25) is 5.91 Å². The zero-order valence-corrected chi connectivity index (χ0v) is 10.7. The van der Waals surface area contributed by atoms with Gasteiger partial charge in [-0.1, -0.05) is 23.7 Å². The first-order valence-corrected chi connectivity index (χ1v) is 6.25. The van der Waals surface area contributed by atoms with Crippen LogP contribution in [0, 0.1) is 0 Å². The van der Waals surface area contributed by atoms with Crippen molar-refractivity contribution in [2.24, 2.45) is 5.73 Å². The van der Waals surface area contributed by atoms with E-state index in [4.69, 9.17) is 17.3 Å². The number of benzene rings is 1. The molecule has 1 aromatic rings. The molecule has 2 unspecified atom stereocenters. The van der Waals surface area contributed by atoms with Crippen LogP contribution in [0.2, 0.25) is 5.02 Å². The molecule has 0 spiro atoms. The first-order chi connectivity index (χ1) is 8.08. The van der Waals surface area contributed by atoms with Gasteiger partial charge in [0.1, 0.15) is 0 Å². The van der Waals surface area contributed by atoms with Crippen LogP contribution in [0.3, 0.4) is 0 Å². The van der Waals surface area contributed by atoms with E-state index >= 15 is 0 Å². The Balaban J connectivity index is 2.02. The summed E-state index contributed by atoms with van der Waals surface area (Å²) in [6, 6.07) is 7.68. The number of carbonyl (C=O) groups excluding carboxylic acids is 1. The number of rotatable bonds is 2. The molecule has 1 saturated heterocycles. The molecule has 0 saturated carbocycles. The number of hydrogen-bond acceptors (Lipinski definition) is 2. The fourth-order valence-corrected chi connectivity index (χ4v) is 2.45. The van der Waals surface area contributed by atoms with Crippen LogP contribution in [0.5, 0.6) is 0 Å². The topological polar surface area (TPSA) is 46.3 Å². The van der Waals surface area contributed by atoms with Gasteiger partial charge >= 0.3 is 0 Å². The van der Waals surface area contributed by atoms with Gasteiger partial charge in [-0.2, -0.15) is 0 Å². The molecule has 1 aliphatic rings. The molecule has 2 N–H and O–H groups in total. The average molecular weight is 253 g/mol. The van der Waals surface area contributed by atoms with Crippen LogP contribution in [-0.2, 0) is 11.2 Å². The van der Waals surface area contributed by atoms with E-state index in [2.05, 4.69) is 0 Å². The van der Waals surface area contributed by atoms with Crippen LogP contribution in [0.4, 0.5) is 0 Å². The van der Waals surface area contributed by atoms with E-state index in [9.17, 15) is 4.79 Å². The predicted octanol–water partition coefficient (Wildman–Crippen LogP) is 1.83. The van der Waals surface area contributed by atoms with Crippen molar-refractivity contribution in [2.75, 3.05) is 6.54 Å². The van der Waals surface area contributed by atoms with Crippen LogP contribution in [0.1, 0.15) is 18.9 Å². The van der Waals surface area contributed by atoms with Crippen molar-refractivity contribution < 1.29 is 4.79 Å². The van der Waals surface area contributed by atoms with E-state index in [1.807, 2.05) is 36.1 Å². The van der Waals surface area contributed by atoms with E-state index in [0.29, 0.717) is 11.4 Å². The summed E-state index contributed by atoms with van der Waals surface area (Å²) in [5, 5.41) is 0.668. The van der Waals surface area contributed by atoms with Crippen molar-refractivity contribution in [1.82, 2.24) is 4.90 Å². The molecule has 1 aliphatic heterocycles. The van der Waals surface area contributed by atoms with Crippen LogP contribution in [-0.4, -0.2) is 29.4 Å². The standard InChI is InChI=1S/C13H17ClN2O/c1-9-12(15)5-6-16(9)13(17)8-10-3-2-4-11(14)7-10/h2-4,7,9,12H,5-6,8,15H2,1H3. The zero-order valence-electron chi connectivity index (χ0n) is 9.90. The number of hydrogen-bond donors (Lipinski definition) is 1. The SMILES string of the molecule is CC1C(N)CCN1C(=O)Cc1cccc(Cl)c1. The molecular weight excluding hydrogens is 236 g/mol. The lowest BCUT2D eigenvalue weighted by molar-refractivity contribution is -0.131. The van der Waals surface area contributed by atoms with Crippen molar-refractivity contribution in [3.8, 4) is 0 Å². The molecule has 3 nitrogen and oxygen atoms in total. The molecule has 0 radical (unpaired) electrons. The van der Waals surface area contributed by atoms with Crippen LogP contribution in [0.15, 0.2) is 24.3 Å². The van der Waals surface area contributed by atoms with Crippen LogP contribution in [0.25, 0.3) is 0 Å². The second kappa shape index (κ2) is 5.07. The normalized spacial score (nSPS) is 24.1. The van der Waals surface area contributed by atoms with Crippen molar-refractivity contribution in [3.63, 3.8) is 0 Å². The van der Waals surface area contributed by atoms with Crippen LogP contribution >= 0.6 is 11.6 Å². The summed E-state index contributed by atoms with van der Waals surface area (Å²) < 4.78 is 0. The molecule has 0 aliphatic carbocycles. The maximum atomic E-state index is 12.1. The summed E-state index contributed by atoms with van der Waals surface area (Å²) in [7, 11) is 0. The molecule has 4 heteroatoms. The smallest absolute Gasteiger partial charge is 0.227 e. The highest BCUT2D eigenvalue weighted by atomic mass is 35.5. The molecule has 92 valence electrons. The van der Waals surface area contributed by atoms with Crippen molar-refractivity contribution in [2.45, 2.75) is 31.8 Å². The average Bonchev–Trinajstić information content (AvgIpc) is 2.60. The maximum Gasteiger partial charge on any atom is 0.227 e. The van der Waals surface area contributed by atoms with Gasteiger partial charge in [-0.3, -0.25) is 4.79 Å². The highest BCUT2D eigenvalue weighted by Crippen LogP contribution is 2.18. The summed E-state index contributed by atoms with van der Waals surface area (Å²) in [4.78, 5) is 14.0. The Kier molecular flexibility index (Phi) is 3.69. The molecule has 2 rings (SSSR count). The fourth-order valence-electron chi connectivity index (χ4n) is 2.24. The Bertz CT molecular complexity index is 422. The summed E-state index contributed by atoms with van der Waals surface area (Å²) >= 11 is 5.89. The quantitative estimate of drug-likeness (QED) is 0.873. The molecule has 1 heterocycles. The highest BCUT2D eigenvalue weighted by molar-refractivity contribution is 6.30. The van der Waals surface area contributed by atoms with Gasteiger partial charge in [-0.05, 0) is 31.0 Å². The molecule has 0 aromatic heterocycles. The molecule has 0 bridgehead atoms. The minimum atomic E-state index is 0.110. The van der Waals surface area contributed by atoms with E-state index in [1.54, 1.807) is 0 Å². The monoisotopic (exact) mass is 252 g/mol. The molecule has 17 heavy (non-hydrogen) atoms. The second-order valence-corrected chi connectivity index (χ2v) is 5.02. The molecular formula is C13H17ClN2O. The number of nitrogens with zero attached hydrogens (tertiary/aromatic N) is 1. The van der Waals surface area contributed by atoms with Gasteiger partial charge in [0.25, 0.3) is 0 Å². The van der Waals surface area contributed by atoms with Gasteiger partial charge in [-0.15, -0.1) is 0 Å². The summed E-state index contributed by atoms with van der Waals surface area (Å²) in [5.74, 6) is 0.132. The number of amides is 1. The van der Waals surface area contributed by atoms with Gasteiger partial charge in [0, 0.05) is 23.7 Å². The molecule has 1 amide bonds. The van der Waals surface area contributed by atoms with Gasteiger partial charge < -0.3 is 10.6 Å². The summed E-state index contributed by atoms with van der Waals surface area (Å²) in [6.45, 7) is 2.77. The third kappa shape index (κ3) is 2.79. The molecule has 2 atom stereocenters. The Labute approximate surface area is 107 Å². The maximum absolute atomic E-state index is 12.1. The van der Waals surface area contributed by atoms with E-state index in [1.165, 1.54) is 0 Å². The minimum Gasteiger partial charge on any atom is -0.338 e. The summed E-state index contributed by atoms with van der Waals surface area (Å²) in [5.41, 5.74) is 6.86. The predicted molar refractivity (Wildman–Crippen MR) is 68.9 cm³/mol. The Morgan fingerprint density at radius 3 is 2.94 bits per heavy atom. The second-order valence-electron chi connectivity index (χ2n) is 4.59. The lowest BCUT2D eigenvalue weighted by Gasteiger charge is -2.23. The number of nitrogens with two attached hydrogens (primary N) is 1. The molecule has 1 fully saturated rings. The van der Waals surface area contributed by atoms with Crippen LogP contribution < -0.4 is 5.73 Å². The number of halogens is 1. The summed E-state index contributed by atoms with van der Waals surface area (Å²) in [6.07, 6.45) is 1.29. The van der Waals surface area contributed by atoms with Crippen molar-refractivity contribution in [1.29, 1.82) is 0 Å². The largest absolute Gasteiger partial charge is 0.338 e. The van der Waals surface area contributed by atoms with Gasteiger partial charge in [0.15, 0.2) is 0 Å². The van der Waals surface area contributed by atoms with E-state index in [-0.39, 0.29) is 18.0 Å². The third-order valence-electron chi connectivity index (χ3n) is 3.38. The zero-order chi connectivity index (χ0) is 12.4. The Morgan fingerprint density at radius 2 is 2.35 bits per heavy atom. The minimum absolute atomic E-state index is 0.110. The first-order valence-electron chi connectivity index (χ1n) is 5.87. The van der Waals surface area contributed by atoms with Gasteiger partial charge in [0.05, 0.1) is 6.42 Å². The lowest BCUT2D eigenvalue weighted by Crippen LogP contribution is -2.41. The highest BCUT2D eigenvalue weighted by Gasteiger charge is 2.30. The number of carbonyl (C=O) groups is 1. The van der Waals surface area contributed by atoms with E-state index < -0.39 is 0 Å². The van der Waals surface area contributed by atoms with E-state index in [0.717, 1.165) is 18.5 Å². The third-order valence-corrected chi connectivity index (χ3v) is 3.61. The van der Waals surface area contributed by atoms with Gasteiger partial charge in [-0.25, -0.2) is 0 Å². The molecule has 1 aromatic carbocycles. The lowest BCUT2D eigenvalue weighted by atomic mass is 10.1. The Hall–Kier alpha value is -1.06. The van der Waals surface area contributed by atoms with Crippen molar-refractivity contribution >= 4 is 17.5 Å². The van der Waals surface area contributed by atoms with Crippen molar-refractivity contribution in [3.05, 3.63) is 34.9 Å². The first kappa shape index (κ1) is 12.4.